The number of ether oxygens (including phenoxy) is 1. The summed E-state index contributed by atoms with van der Waals surface area (Å²) >= 11 is 0. The van der Waals surface area contributed by atoms with Gasteiger partial charge in [-0.3, -0.25) is 0 Å². The summed E-state index contributed by atoms with van der Waals surface area (Å²) in [7, 11) is 0. The minimum atomic E-state index is 0.181. The molecule has 17 heavy (non-hydrogen) atoms. The summed E-state index contributed by atoms with van der Waals surface area (Å²) in [5, 5.41) is 0. The lowest BCUT2D eigenvalue weighted by atomic mass is 9.68. The zero-order valence-corrected chi connectivity index (χ0v) is 12.3. The van der Waals surface area contributed by atoms with Gasteiger partial charge in [-0.2, -0.15) is 0 Å². The Morgan fingerprint density at radius 1 is 1.06 bits per heavy atom. The quantitative estimate of drug-likeness (QED) is 0.542. The molecule has 1 saturated carbocycles. The van der Waals surface area contributed by atoms with E-state index in [0.717, 1.165) is 11.8 Å². The molecular weight excluding hydrogens is 208 g/mol. The Morgan fingerprint density at radius 3 is 2.47 bits per heavy atom. The Morgan fingerprint density at radius 2 is 1.76 bits per heavy atom. The molecule has 0 aromatic heterocycles. The van der Waals surface area contributed by atoms with Crippen LogP contribution in [-0.4, -0.2) is 11.7 Å². The fourth-order valence-corrected chi connectivity index (χ4v) is 3.54. The summed E-state index contributed by atoms with van der Waals surface area (Å²) in [6, 6.07) is 0. The van der Waals surface area contributed by atoms with E-state index in [1.54, 1.807) is 0 Å². The zero-order chi connectivity index (χ0) is 12.9. The van der Waals surface area contributed by atoms with Gasteiger partial charge < -0.3 is 4.74 Å². The van der Waals surface area contributed by atoms with Crippen LogP contribution < -0.4 is 0 Å². The van der Waals surface area contributed by atoms with E-state index < -0.39 is 0 Å². The maximum Gasteiger partial charge on any atom is 0.0897 e. The molecular formula is C16H30O. The molecule has 1 heterocycles. The number of fused-ring (bicyclic) bond motifs is 1. The lowest BCUT2D eigenvalue weighted by Gasteiger charge is -2.39. The molecule has 3 aliphatic rings. The van der Waals surface area contributed by atoms with Crippen molar-refractivity contribution in [2.45, 2.75) is 78.4 Å². The van der Waals surface area contributed by atoms with Crippen LogP contribution in [0.5, 0.6) is 0 Å². The smallest absolute Gasteiger partial charge is 0.0897 e. The first kappa shape index (κ1) is 14.8. The van der Waals surface area contributed by atoms with Gasteiger partial charge in [-0.1, -0.05) is 39.8 Å². The van der Waals surface area contributed by atoms with Crippen molar-refractivity contribution >= 4 is 0 Å². The van der Waals surface area contributed by atoms with Crippen molar-refractivity contribution in [3.63, 3.8) is 0 Å². The zero-order valence-electron chi connectivity index (χ0n) is 12.3. The van der Waals surface area contributed by atoms with Crippen LogP contribution in [0.3, 0.4) is 0 Å². The van der Waals surface area contributed by atoms with Crippen molar-refractivity contribution < 1.29 is 4.74 Å². The monoisotopic (exact) mass is 238 g/mol. The van der Waals surface area contributed by atoms with Crippen LogP contribution in [0.15, 0.2) is 12.2 Å². The summed E-state index contributed by atoms with van der Waals surface area (Å²) in [5.41, 5.74) is 0.181. The van der Waals surface area contributed by atoms with Gasteiger partial charge in [-0.15, -0.1) is 0 Å². The highest BCUT2D eigenvalue weighted by molar-refractivity contribution is 5.16. The second-order valence-electron chi connectivity index (χ2n) is 5.00. The minimum absolute atomic E-state index is 0.181. The number of hydrogen-bond donors (Lipinski definition) is 0. The third kappa shape index (κ3) is 2.76. The average Bonchev–Trinajstić information content (AvgIpc) is 2.65. The maximum atomic E-state index is 6.19. The fraction of sp³-hybridized carbons (Fsp3) is 0.875. The van der Waals surface area contributed by atoms with Gasteiger partial charge in [-0.25, -0.2) is 0 Å². The maximum absolute atomic E-state index is 6.19. The first-order valence-electron chi connectivity index (χ1n) is 7.66. The Labute approximate surface area is 108 Å². The summed E-state index contributed by atoms with van der Waals surface area (Å²) in [6.07, 6.45) is 11.9. The predicted octanol–water partition coefficient (Wildman–Crippen LogP) is 4.96. The van der Waals surface area contributed by atoms with E-state index >= 15 is 0 Å². The first-order chi connectivity index (χ1) is 8.30. The molecule has 1 spiro atoms. The third-order valence-corrected chi connectivity index (χ3v) is 4.31. The Balaban J connectivity index is 0.000000330. The average molecular weight is 238 g/mol. The molecule has 1 heteroatoms. The van der Waals surface area contributed by atoms with Gasteiger partial charge in [0.05, 0.1) is 11.7 Å². The van der Waals surface area contributed by atoms with Crippen LogP contribution in [0.25, 0.3) is 0 Å². The van der Waals surface area contributed by atoms with Crippen molar-refractivity contribution in [1.29, 1.82) is 0 Å². The summed E-state index contributed by atoms with van der Waals surface area (Å²) in [6.45, 7) is 10.3. The van der Waals surface area contributed by atoms with E-state index in [1.807, 2.05) is 27.7 Å². The van der Waals surface area contributed by atoms with E-state index in [-0.39, 0.29) is 5.60 Å². The molecule has 1 nitrogen and oxygen atoms in total. The summed E-state index contributed by atoms with van der Waals surface area (Å²) in [5.74, 6) is 1.68. The Kier molecular flexibility index (Phi) is 5.72. The minimum Gasteiger partial charge on any atom is -0.367 e. The predicted molar refractivity (Wildman–Crippen MR) is 75.2 cm³/mol. The van der Waals surface area contributed by atoms with Gasteiger partial charge in [0.25, 0.3) is 0 Å². The molecule has 0 aromatic carbocycles. The van der Waals surface area contributed by atoms with Crippen molar-refractivity contribution in [3.05, 3.63) is 12.2 Å². The third-order valence-electron chi connectivity index (χ3n) is 4.31. The SMILES string of the molecule is CC.CC.CC1OC23C=CCCC2CCC1C3. The Bertz CT molecular complexity index is 242. The van der Waals surface area contributed by atoms with Crippen molar-refractivity contribution in [1.82, 2.24) is 0 Å². The van der Waals surface area contributed by atoms with Crippen LogP contribution in [0, 0.1) is 11.8 Å². The number of rotatable bonds is 0. The molecule has 0 radical (unpaired) electrons. The fourth-order valence-electron chi connectivity index (χ4n) is 3.54. The normalized spacial score (nSPS) is 41.6. The van der Waals surface area contributed by atoms with E-state index in [2.05, 4.69) is 19.1 Å². The van der Waals surface area contributed by atoms with Crippen molar-refractivity contribution in [2.75, 3.05) is 0 Å². The molecule has 4 unspecified atom stereocenters. The van der Waals surface area contributed by atoms with Crippen molar-refractivity contribution in [3.8, 4) is 0 Å². The molecule has 0 aromatic rings. The summed E-state index contributed by atoms with van der Waals surface area (Å²) in [4.78, 5) is 0. The van der Waals surface area contributed by atoms with E-state index in [1.165, 1.54) is 32.1 Å². The molecule has 2 aliphatic carbocycles. The van der Waals surface area contributed by atoms with Gasteiger partial charge in [0.1, 0.15) is 0 Å². The highest BCUT2D eigenvalue weighted by atomic mass is 16.5. The van der Waals surface area contributed by atoms with Gasteiger partial charge in [0.15, 0.2) is 0 Å². The molecule has 3 rings (SSSR count). The number of hydrogen-bond acceptors (Lipinski definition) is 1. The van der Waals surface area contributed by atoms with E-state index in [4.69, 9.17) is 4.74 Å². The first-order valence-corrected chi connectivity index (χ1v) is 7.66. The lowest BCUT2D eigenvalue weighted by molar-refractivity contribution is -0.0418. The molecule has 1 aliphatic heterocycles. The molecule has 4 atom stereocenters. The van der Waals surface area contributed by atoms with Crippen LogP contribution in [-0.2, 0) is 4.74 Å². The van der Waals surface area contributed by atoms with E-state index in [0.29, 0.717) is 6.10 Å². The second-order valence-corrected chi connectivity index (χ2v) is 5.00. The van der Waals surface area contributed by atoms with Gasteiger partial charge in [-0.05, 0) is 50.9 Å². The van der Waals surface area contributed by atoms with Crippen LogP contribution >= 0.6 is 0 Å². The largest absolute Gasteiger partial charge is 0.367 e. The topological polar surface area (TPSA) is 9.23 Å². The van der Waals surface area contributed by atoms with Crippen LogP contribution in [0.4, 0.5) is 0 Å². The van der Waals surface area contributed by atoms with Crippen molar-refractivity contribution in [2.24, 2.45) is 11.8 Å². The molecule has 1 saturated heterocycles. The second kappa shape index (κ2) is 6.58. The molecule has 2 fully saturated rings. The molecule has 2 bridgehead atoms. The van der Waals surface area contributed by atoms with Gasteiger partial charge in [0, 0.05) is 0 Å². The molecule has 0 N–H and O–H groups in total. The van der Waals surface area contributed by atoms with Crippen LogP contribution in [0.1, 0.15) is 66.7 Å². The highest BCUT2D eigenvalue weighted by Gasteiger charge is 2.51. The standard InChI is InChI=1S/C12H18O.2C2H6/c1-9-10-5-6-11-4-2-3-7-12(11,8-10)13-9;2*1-2/h3,7,9-11H,2,4-6,8H2,1H3;2*1-2H3. The molecule has 0 amide bonds. The van der Waals surface area contributed by atoms with E-state index in [9.17, 15) is 0 Å². The Hall–Kier alpha value is -0.300. The lowest BCUT2D eigenvalue weighted by Crippen LogP contribution is -2.39. The van der Waals surface area contributed by atoms with Crippen LogP contribution in [0.2, 0.25) is 0 Å². The van der Waals surface area contributed by atoms with Gasteiger partial charge >= 0.3 is 0 Å². The number of allylic oxidation sites excluding steroid dienone is 1. The molecule has 100 valence electrons. The highest BCUT2D eigenvalue weighted by Crippen LogP contribution is 2.52. The van der Waals surface area contributed by atoms with Gasteiger partial charge in [0.2, 0.25) is 0 Å². The summed E-state index contributed by atoms with van der Waals surface area (Å²) < 4.78 is 6.19.